The molecule has 0 aromatic carbocycles. The van der Waals surface area contributed by atoms with E-state index in [1.54, 1.807) is 0 Å². The topological polar surface area (TPSA) is 78.6 Å². The number of hydrogen-bond acceptors (Lipinski definition) is 5. The monoisotopic (exact) mass is 362 g/mol. The third kappa shape index (κ3) is 4.96. The van der Waals surface area contributed by atoms with E-state index in [4.69, 9.17) is 4.52 Å². The Morgan fingerprint density at radius 1 is 1.27 bits per heavy atom. The fraction of sp³-hybridized carbons (Fsp3) is 0.842. The lowest BCUT2D eigenvalue weighted by Crippen LogP contribution is -2.45. The lowest BCUT2D eigenvalue weighted by Gasteiger charge is -2.24. The molecule has 7 nitrogen and oxygen atoms in total. The van der Waals surface area contributed by atoms with Crippen LogP contribution in [0, 0.1) is 0 Å². The first-order chi connectivity index (χ1) is 12.5. The Hall–Kier alpha value is -1.63. The summed E-state index contributed by atoms with van der Waals surface area (Å²) in [5.74, 6) is 2.13. The maximum absolute atomic E-state index is 5.35. The van der Waals surface area contributed by atoms with Crippen LogP contribution in [0.25, 0.3) is 0 Å². The number of nitrogens with one attached hydrogen (secondary N) is 2. The van der Waals surface area contributed by atoms with Gasteiger partial charge in [0.2, 0.25) is 5.89 Å². The fourth-order valence-electron chi connectivity index (χ4n) is 3.79. The summed E-state index contributed by atoms with van der Waals surface area (Å²) >= 11 is 0. The predicted molar refractivity (Wildman–Crippen MR) is 103 cm³/mol. The van der Waals surface area contributed by atoms with E-state index in [-0.39, 0.29) is 5.41 Å². The molecule has 0 spiro atoms. The Balaban J connectivity index is 1.55. The van der Waals surface area contributed by atoms with E-state index in [0.717, 1.165) is 25.1 Å². The highest BCUT2D eigenvalue weighted by molar-refractivity contribution is 5.80. The van der Waals surface area contributed by atoms with E-state index < -0.39 is 0 Å². The summed E-state index contributed by atoms with van der Waals surface area (Å²) in [7, 11) is 0. The molecule has 26 heavy (non-hydrogen) atoms. The highest BCUT2D eigenvalue weighted by atomic mass is 16.5. The zero-order valence-electron chi connectivity index (χ0n) is 16.7. The Bertz CT molecular complexity index is 599. The van der Waals surface area contributed by atoms with Crippen LogP contribution in [-0.4, -0.2) is 52.7 Å². The van der Waals surface area contributed by atoms with E-state index in [2.05, 4.69) is 58.4 Å². The molecule has 146 valence electrons. The van der Waals surface area contributed by atoms with Crippen molar-refractivity contribution in [2.24, 2.45) is 4.99 Å². The minimum atomic E-state index is -0.134. The molecule has 1 saturated carbocycles. The first-order valence-corrected chi connectivity index (χ1v) is 10.1. The Labute approximate surface area is 157 Å². The number of nitrogens with zero attached hydrogens (tertiary/aromatic N) is 4. The van der Waals surface area contributed by atoms with Gasteiger partial charge in [0.1, 0.15) is 6.54 Å². The SMILES string of the molecule is CCNC(=NCc1noc(C(C)(C)C)n1)NC1CCN(C2CCCC2)C1. The van der Waals surface area contributed by atoms with Gasteiger partial charge in [-0.3, -0.25) is 4.90 Å². The van der Waals surface area contributed by atoms with Crippen LogP contribution >= 0.6 is 0 Å². The summed E-state index contributed by atoms with van der Waals surface area (Å²) in [6.45, 7) is 11.9. The van der Waals surface area contributed by atoms with Crippen LogP contribution in [0.4, 0.5) is 0 Å². The van der Waals surface area contributed by atoms with Gasteiger partial charge in [0, 0.05) is 37.1 Å². The highest BCUT2D eigenvalue weighted by Crippen LogP contribution is 2.26. The number of aliphatic imine (C=N–C) groups is 1. The van der Waals surface area contributed by atoms with Gasteiger partial charge in [-0.05, 0) is 26.2 Å². The molecule has 1 aliphatic carbocycles. The van der Waals surface area contributed by atoms with E-state index in [1.165, 1.54) is 38.6 Å². The van der Waals surface area contributed by atoms with Gasteiger partial charge in [0.05, 0.1) is 0 Å². The number of aromatic nitrogens is 2. The Morgan fingerprint density at radius 2 is 2.04 bits per heavy atom. The fourth-order valence-corrected chi connectivity index (χ4v) is 3.79. The molecule has 2 N–H and O–H groups in total. The van der Waals surface area contributed by atoms with Crippen LogP contribution < -0.4 is 10.6 Å². The summed E-state index contributed by atoms with van der Waals surface area (Å²) in [4.78, 5) is 11.8. The van der Waals surface area contributed by atoms with Gasteiger partial charge in [-0.15, -0.1) is 0 Å². The lowest BCUT2D eigenvalue weighted by molar-refractivity contribution is 0.242. The zero-order valence-corrected chi connectivity index (χ0v) is 16.7. The standard InChI is InChI=1S/C19H34N6O/c1-5-20-18(21-12-16-23-17(26-24-16)19(2,3)4)22-14-10-11-25(13-14)15-8-6-7-9-15/h14-15H,5-13H2,1-4H3,(H2,20,21,22). The second kappa shape index (κ2) is 8.37. The normalized spacial score (nSPS) is 22.9. The maximum Gasteiger partial charge on any atom is 0.232 e. The van der Waals surface area contributed by atoms with Crippen molar-refractivity contribution in [3.63, 3.8) is 0 Å². The third-order valence-corrected chi connectivity index (χ3v) is 5.23. The molecule has 1 unspecified atom stereocenters. The van der Waals surface area contributed by atoms with Gasteiger partial charge >= 0.3 is 0 Å². The minimum absolute atomic E-state index is 0.134. The molecular weight excluding hydrogens is 328 g/mol. The molecule has 0 amide bonds. The van der Waals surface area contributed by atoms with Gasteiger partial charge in [-0.2, -0.15) is 4.98 Å². The Morgan fingerprint density at radius 3 is 2.69 bits per heavy atom. The largest absolute Gasteiger partial charge is 0.357 e. The second-order valence-corrected chi connectivity index (χ2v) is 8.52. The summed E-state index contributed by atoms with van der Waals surface area (Å²) < 4.78 is 5.35. The van der Waals surface area contributed by atoms with E-state index >= 15 is 0 Å². The van der Waals surface area contributed by atoms with Crippen LogP contribution in [0.5, 0.6) is 0 Å². The van der Waals surface area contributed by atoms with E-state index in [9.17, 15) is 0 Å². The van der Waals surface area contributed by atoms with Crippen molar-refractivity contribution in [2.45, 2.75) is 83.8 Å². The van der Waals surface area contributed by atoms with Crippen molar-refractivity contribution < 1.29 is 4.52 Å². The predicted octanol–water partition coefficient (Wildman–Crippen LogP) is 2.44. The van der Waals surface area contributed by atoms with Crippen molar-refractivity contribution in [2.75, 3.05) is 19.6 Å². The summed E-state index contributed by atoms with van der Waals surface area (Å²) in [6, 6.07) is 1.26. The molecule has 7 heteroatoms. The summed E-state index contributed by atoms with van der Waals surface area (Å²) in [5, 5.41) is 11.0. The number of hydrogen-bond donors (Lipinski definition) is 2. The molecule has 1 aromatic heterocycles. The summed E-state index contributed by atoms with van der Waals surface area (Å²) in [6.07, 6.45) is 6.70. The van der Waals surface area contributed by atoms with E-state index in [0.29, 0.717) is 24.3 Å². The molecule has 1 aliphatic heterocycles. The zero-order chi connectivity index (χ0) is 18.6. The van der Waals surface area contributed by atoms with Crippen molar-refractivity contribution in [3.05, 3.63) is 11.7 Å². The average Bonchev–Trinajstić information content (AvgIpc) is 3.32. The van der Waals surface area contributed by atoms with Crippen LogP contribution in [0.15, 0.2) is 9.52 Å². The van der Waals surface area contributed by atoms with Crippen LogP contribution in [-0.2, 0) is 12.0 Å². The summed E-state index contributed by atoms with van der Waals surface area (Å²) in [5.41, 5.74) is -0.134. The van der Waals surface area contributed by atoms with Crippen LogP contribution in [0.3, 0.4) is 0 Å². The molecule has 1 aromatic rings. The van der Waals surface area contributed by atoms with Crippen molar-refractivity contribution >= 4 is 5.96 Å². The van der Waals surface area contributed by atoms with E-state index in [1.807, 2.05) is 0 Å². The van der Waals surface area contributed by atoms with Gasteiger partial charge in [0.25, 0.3) is 0 Å². The highest BCUT2D eigenvalue weighted by Gasteiger charge is 2.30. The minimum Gasteiger partial charge on any atom is -0.357 e. The molecule has 3 rings (SSSR count). The quantitative estimate of drug-likeness (QED) is 0.619. The molecule has 2 aliphatic rings. The molecule has 2 fully saturated rings. The van der Waals surface area contributed by atoms with Gasteiger partial charge in [0.15, 0.2) is 11.8 Å². The van der Waals surface area contributed by atoms with Crippen molar-refractivity contribution in [1.82, 2.24) is 25.7 Å². The molecular formula is C19H34N6O. The first-order valence-electron chi connectivity index (χ1n) is 10.1. The molecule has 0 bridgehead atoms. The van der Waals surface area contributed by atoms with Gasteiger partial charge in [-0.1, -0.05) is 38.8 Å². The molecule has 0 radical (unpaired) electrons. The van der Waals surface area contributed by atoms with Crippen LogP contribution in [0.2, 0.25) is 0 Å². The average molecular weight is 363 g/mol. The second-order valence-electron chi connectivity index (χ2n) is 8.52. The first kappa shape index (κ1) is 19.1. The van der Waals surface area contributed by atoms with Crippen LogP contribution in [0.1, 0.15) is 71.5 Å². The van der Waals surface area contributed by atoms with Crippen molar-refractivity contribution in [3.8, 4) is 0 Å². The molecule has 1 atom stereocenters. The third-order valence-electron chi connectivity index (χ3n) is 5.23. The lowest BCUT2D eigenvalue weighted by atomic mass is 9.97. The maximum atomic E-state index is 5.35. The van der Waals surface area contributed by atoms with Gasteiger partial charge < -0.3 is 15.2 Å². The number of rotatable bonds is 5. The molecule has 1 saturated heterocycles. The van der Waals surface area contributed by atoms with Gasteiger partial charge in [-0.25, -0.2) is 4.99 Å². The van der Waals surface area contributed by atoms with Crippen molar-refractivity contribution in [1.29, 1.82) is 0 Å². The number of guanidine groups is 1. The Kier molecular flexibility index (Phi) is 6.16. The molecule has 2 heterocycles. The number of likely N-dealkylation sites (tertiary alicyclic amines) is 1. The smallest absolute Gasteiger partial charge is 0.232 e.